The van der Waals surface area contributed by atoms with E-state index in [1.165, 1.54) is 17.5 Å². The van der Waals surface area contributed by atoms with Gasteiger partial charge in [0.2, 0.25) is 0 Å². The fourth-order valence-corrected chi connectivity index (χ4v) is 3.81. The lowest BCUT2D eigenvalue weighted by atomic mass is 10.00. The second kappa shape index (κ2) is 5.95. The lowest BCUT2D eigenvalue weighted by Gasteiger charge is -2.21. The van der Waals surface area contributed by atoms with E-state index in [0.717, 1.165) is 18.4 Å². The highest BCUT2D eigenvalue weighted by atomic mass is 16.3. The molecule has 1 aliphatic carbocycles. The van der Waals surface area contributed by atoms with Crippen molar-refractivity contribution in [2.75, 3.05) is 13.1 Å². The first-order valence-electron chi connectivity index (χ1n) is 9.02. The summed E-state index contributed by atoms with van der Waals surface area (Å²) in [5, 5.41) is 19.2. The van der Waals surface area contributed by atoms with Gasteiger partial charge in [0.25, 0.3) is 5.91 Å². The number of β-amino-alcohol motifs (C(OH)–C–C–N with tert-alkyl or cyclic N) is 1. The van der Waals surface area contributed by atoms with Crippen LogP contribution in [0.2, 0.25) is 0 Å². The third-order valence-corrected chi connectivity index (χ3v) is 5.40. The molecular formula is C19H24N4O2. The molecule has 1 aromatic heterocycles. The number of nitrogens with zero attached hydrogens (tertiary/aromatic N) is 4. The van der Waals surface area contributed by atoms with Gasteiger partial charge >= 0.3 is 0 Å². The van der Waals surface area contributed by atoms with E-state index in [2.05, 4.69) is 16.4 Å². The number of aromatic nitrogens is 3. The van der Waals surface area contributed by atoms with Crippen molar-refractivity contribution in [1.82, 2.24) is 19.9 Å². The number of fused-ring (bicyclic) bond motifs is 1. The largest absolute Gasteiger partial charge is 0.381 e. The molecule has 0 bridgehead atoms. The highest BCUT2D eigenvalue weighted by molar-refractivity contribution is 5.94. The summed E-state index contributed by atoms with van der Waals surface area (Å²) >= 11 is 0. The Bertz CT molecular complexity index is 814. The van der Waals surface area contributed by atoms with E-state index in [0.29, 0.717) is 18.7 Å². The van der Waals surface area contributed by atoms with Crippen LogP contribution in [0, 0.1) is 0 Å². The monoisotopic (exact) mass is 340 g/mol. The first kappa shape index (κ1) is 16.3. The molecule has 4 rings (SSSR count). The number of hydrogen-bond donors (Lipinski definition) is 1. The van der Waals surface area contributed by atoms with Gasteiger partial charge in [-0.2, -0.15) is 0 Å². The predicted octanol–water partition coefficient (Wildman–Crippen LogP) is 2.08. The van der Waals surface area contributed by atoms with Gasteiger partial charge < -0.3 is 10.0 Å². The van der Waals surface area contributed by atoms with Crippen LogP contribution in [0.15, 0.2) is 24.4 Å². The normalized spacial score (nSPS) is 22.6. The molecule has 0 radical (unpaired) electrons. The Hall–Kier alpha value is -2.21. The average molecular weight is 340 g/mol. The molecule has 6 heteroatoms. The Morgan fingerprint density at radius 1 is 1.28 bits per heavy atom. The number of carbonyl (C=O) groups excluding carboxylic acids is 1. The molecule has 0 spiro atoms. The van der Waals surface area contributed by atoms with Crippen molar-refractivity contribution in [2.45, 2.75) is 51.2 Å². The van der Waals surface area contributed by atoms with Crippen LogP contribution in [-0.2, 0) is 18.4 Å². The minimum Gasteiger partial charge on any atom is -0.381 e. The van der Waals surface area contributed by atoms with E-state index in [-0.39, 0.29) is 18.5 Å². The lowest BCUT2D eigenvalue weighted by molar-refractivity contribution is 0.0381. The highest BCUT2D eigenvalue weighted by Crippen LogP contribution is 2.32. The topological polar surface area (TPSA) is 71.2 Å². The lowest BCUT2D eigenvalue weighted by Crippen LogP contribution is -2.34. The SMILES string of the molecule is CC(C)n1cc([C@]2(O)CCN(C(=O)c3ccc4c(c3)CCC4)C2)nn1. The Balaban J connectivity index is 1.52. The van der Waals surface area contributed by atoms with Crippen LogP contribution in [0.25, 0.3) is 0 Å². The minimum atomic E-state index is -1.11. The Morgan fingerprint density at radius 2 is 2.08 bits per heavy atom. The van der Waals surface area contributed by atoms with Crippen molar-refractivity contribution >= 4 is 5.91 Å². The van der Waals surface area contributed by atoms with E-state index in [1.807, 2.05) is 26.0 Å². The van der Waals surface area contributed by atoms with Crippen LogP contribution in [0.3, 0.4) is 0 Å². The molecule has 0 unspecified atom stereocenters. The van der Waals surface area contributed by atoms with Gasteiger partial charge in [-0.05, 0) is 56.4 Å². The maximum atomic E-state index is 12.9. The molecule has 1 N–H and O–H groups in total. The summed E-state index contributed by atoms with van der Waals surface area (Å²) in [6.45, 7) is 4.82. The fraction of sp³-hybridized carbons (Fsp3) is 0.526. The number of aryl methyl sites for hydroxylation is 2. The van der Waals surface area contributed by atoms with Gasteiger partial charge in [-0.3, -0.25) is 4.79 Å². The average Bonchev–Trinajstić information content (AvgIpc) is 3.32. The van der Waals surface area contributed by atoms with E-state index in [1.54, 1.807) is 15.8 Å². The number of benzene rings is 1. The summed E-state index contributed by atoms with van der Waals surface area (Å²) in [5.74, 6) is -0.0122. The van der Waals surface area contributed by atoms with Crippen LogP contribution in [-0.4, -0.2) is 44.0 Å². The maximum Gasteiger partial charge on any atom is 0.253 e. The van der Waals surface area contributed by atoms with E-state index >= 15 is 0 Å². The number of hydrogen-bond acceptors (Lipinski definition) is 4. The van der Waals surface area contributed by atoms with E-state index < -0.39 is 5.60 Å². The summed E-state index contributed by atoms with van der Waals surface area (Å²) in [5.41, 5.74) is 2.81. The molecule has 1 amide bonds. The molecule has 0 saturated carbocycles. The second-order valence-corrected chi connectivity index (χ2v) is 7.52. The van der Waals surface area contributed by atoms with Crippen LogP contribution >= 0.6 is 0 Å². The molecule has 1 saturated heterocycles. The number of rotatable bonds is 3. The smallest absolute Gasteiger partial charge is 0.253 e. The van der Waals surface area contributed by atoms with Crippen molar-refractivity contribution in [3.63, 3.8) is 0 Å². The third kappa shape index (κ3) is 2.84. The molecule has 1 aliphatic heterocycles. The molecule has 132 valence electrons. The minimum absolute atomic E-state index is 0.0122. The quantitative estimate of drug-likeness (QED) is 0.929. The molecule has 1 fully saturated rings. The van der Waals surface area contributed by atoms with Gasteiger partial charge in [0.1, 0.15) is 11.3 Å². The Kier molecular flexibility index (Phi) is 3.87. The summed E-state index contributed by atoms with van der Waals surface area (Å²) in [6.07, 6.45) is 5.61. The highest BCUT2D eigenvalue weighted by Gasteiger charge is 2.42. The van der Waals surface area contributed by atoms with E-state index in [9.17, 15) is 9.90 Å². The van der Waals surface area contributed by atoms with Crippen molar-refractivity contribution < 1.29 is 9.90 Å². The molecule has 6 nitrogen and oxygen atoms in total. The second-order valence-electron chi connectivity index (χ2n) is 7.52. The zero-order chi connectivity index (χ0) is 17.6. The van der Waals surface area contributed by atoms with Gasteiger partial charge in [-0.25, -0.2) is 4.68 Å². The van der Waals surface area contributed by atoms with Crippen molar-refractivity contribution in [1.29, 1.82) is 0 Å². The molecule has 25 heavy (non-hydrogen) atoms. The van der Waals surface area contributed by atoms with Crippen LogP contribution in [0.1, 0.15) is 59.9 Å². The van der Waals surface area contributed by atoms with Crippen LogP contribution < -0.4 is 0 Å². The number of carbonyl (C=O) groups is 1. The predicted molar refractivity (Wildman–Crippen MR) is 93.3 cm³/mol. The summed E-state index contributed by atoms with van der Waals surface area (Å²) < 4.78 is 1.73. The van der Waals surface area contributed by atoms with Crippen molar-refractivity contribution in [3.8, 4) is 0 Å². The third-order valence-electron chi connectivity index (χ3n) is 5.40. The summed E-state index contributed by atoms with van der Waals surface area (Å²) in [4.78, 5) is 14.6. The Labute approximate surface area is 147 Å². The maximum absolute atomic E-state index is 12.9. The van der Waals surface area contributed by atoms with Crippen LogP contribution in [0.5, 0.6) is 0 Å². The molecule has 2 heterocycles. The van der Waals surface area contributed by atoms with Crippen LogP contribution in [0.4, 0.5) is 0 Å². The zero-order valence-electron chi connectivity index (χ0n) is 14.8. The van der Waals surface area contributed by atoms with Crippen molar-refractivity contribution in [3.05, 3.63) is 46.8 Å². The molecule has 1 atom stereocenters. The standard InChI is InChI=1S/C19H24N4O2/c1-13(2)23-11-17(20-21-23)19(25)8-9-22(12-19)18(24)16-7-6-14-4-3-5-15(14)10-16/h6-7,10-11,13,25H,3-5,8-9,12H2,1-2H3/t19-/m0/s1. The first-order valence-corrected chi connectivity index (χ1v) is 9.02. The molecular weight excluding hydrogens is 316 g/mol. The van der Waals surface area contributed by atoms with Crippen molar-refractivity contribution in [2.24, 2.45) is 0 Å². The van der Waals surface area contributed by atoms with Gasteiger partial charge in [-0.15, -0.1) is 5.10 Å². The van der Waals surface area contributed by atoms with E-state index in [4.69, 9.17) is 0 Å². The molecule has 2 aliphatic rings. The van der Waals surface area contributed by atoms with Gasteiger partial charge in [0, 0.05) is 24.6 Å². The number of aliphatic hydroxyl groups is 1. The zero-order valence-corrected chi connectivity index (χ0v) is 14.8. The number of likely N-dealkylation sites (tertiary alicyclic amines) is 1. The summed E-state index contributed by atoms with van der Waals surface area (Å²) in [7, 11) is 0. The van der Waals surface area contributed by atoms with Gasteiger partial charge in [-0.1, -0.05) is 11.3 Å². The molecule has 1 aromatic carbocycles. The fourth-order valence-electron chi connectivity index (χ4n) is 3.81. The molecule has 2 aromatic rings. The first-order chi connectivity index (χ1) is 12.0. The Morgan fingerprint density at radius 3 is 2.84 bits per heavy atom. The summed E-state index contributed by atoms with van der Waals surface area (Å²) in [6, 6.07) is 6.21. The van der Waals surface area contributed by atoms with Gasteiger partial charge in [0.05, 0.1) is 12.7 Å². The van der Waals surface area contributed by atoms with Gasteiger partial charge in [0.15, 0.2) is 0 Å². The number of amides is 1.